The van der Waals surface area contributed by atoms with Gasteiger partial charge in [0.1, 0.15) is 6.61 Å². The zero-order valence-electron chi connectivity index (χ0n) is 15.2. The molecule has 0 N–H and O–H groups in total. The minimum atomic E-state index is -2.97. The van der Waals surface area contributed by atoms with E-state index in [1.54, 1.807) is 29.2 Å². The molecule has 28 heavy (non-hydrogen) atoms. The quantitative estimate of drug-likeness (QED) is 0.672. The van der Waals surface area contributed by atoms with Crippen molar-refractivity contribution in [3.05, 3.63) is 53.6 Å². The number of hydrogen-bond donors (Lipinski definition) is 0. The third-order valence-electron chi connectivity index (χ3n) is 4.28. The number of esters is 1. The van der Waals surface area contributed by atoms with Crippen molar-refractivity contribution in [1.29, 1.82) is 0 Å². The number of carbonyl (C=O) groups is 2. The highest BCUT2D eigenvalue weighted by molar-refractivity contribution is 5.97. The van der Waals surface area contributed by atoms with Crippen LogP contribution in [0, 0.1) is 0 Å². The van der Waals surface area contributed by atoms with Crippen LogP contribution in [-0.4, -0.2) is 32.1 Å². The largest absolute Gasteiger partial charge is 0.493 e. The number of halogens is 2. The lowest BCUT2D eigenvalue weighted by atomic mass is 10.2. The maximum atomic E-state index is 12.4. The molecule has 3 rings (SSSR count). The number of anilines is 1. The Bertz CT molecular complexity index is 871. The SMILES string of the molecule is COc1cc(COC(=O)c2cccc(N3CCCC3=O)c2)ccc1OC(F)F. The molecule has 1 heterocycles. The molecule has 148 valence electrons. The summed E-state index contributed by atoms with van der Waals surface area (Å²) in [6.45, 7) is -2.41. The summed E-state index contributed by atoms with van der Waals surface area (Å²) in [5.74, 6) is -0.511. The zero-order chi connectivity index (χ0) is 20.1. The molecule has 0 atom stereocenters. The molecule has 0 radical (unpaired) electrons. The normalized spacial score (nSPS) is 13.7. The fraction of sp³-hybridized carbons (Fsp3) is 0.300. The molecule has 0 unspecified atom stereocenters. The number of nitrogens with zero attached hydrogens (tertiary/aromatic N) is 1. The van der Waals surface area contributed by atoms with Crippen molar-refractivity contribution in [2.45, 2.75) is 26.1 Å². The molecule has 2 aromatic rings. The van der Waals surface area contributed by atoms with Crippen molar-refractivity contribution in [3.8, 4) is 11.5 Å². The number of amides is 1. The predicted octanol–water partition coefficient (Wildman–Crippen LogP) is 3.78. The maximum Gasteiger partial charge on any atom is 0.387 e. The predicted molar refractivity (Wildman–Crippen MR) is 96.8 cm³/mol. The molecule has 6 nitrogen and oxygen atoms in total. The van der Waals surface area contributed by atoms with Crippen molar-refractivity contribution in [3.63, 3.8) is 0 Å². The van der Waals surface area contributed by atoms with Gasteiger partial charge in [0.15, 0.2) is 11.5 Å². The molecule has 2 aromatic carbocycles. The summed E-state index contributed by atoms with van der Waals surface area (Å²) in [4.78, 5) is 25.9. The van der Waals surface area contributed by atoms with Crippen molar-refractivity contribution < 1.29 is 32.6 Å². The van der Waals surface area contributed by atoms with E-state index in [2.05, 4.69) is 4.74 Å². The molecule has 0 saturated carbocycles. The summed E-state index contributed by atoms with van der Waals surface area (Å²) in [5.41, 5.74) is 1.53. The Kier molecular flexibility index (Phi) is 6.08. The highest BCUT2D eigenvalue weighted by Gasteiger charge is 2.22. The second-order valence-electron chi connectivity index (χ2n) is 6.14. The number of ether oxygens (including phenoxy) is 3. The first-order chi connectivity index (χ1) is 13.5. The Labute approximate surface area is 160 Å². The van der Waals surface area contributed by atoms with Gasteiger partial charge in [-0.3, -0.25) is 4.79 Å². The summed E-state index contributed by atoms with van der Waals surface area (Å²) < 4.78 is 39.4. The number of rotatable bonds is 7. The molecular weight excluding hydrogens is 372 g/mol. The van der Waals surface area contributed by atoms with Gasteiger partial charge in [0.25, 0.3) is 0 Å². The van der Waals surface area contributed by atoms with Gasteiger partial charge >= 0.3 is 12.6 Å². The average Bonchev–Trinajstić information content (AvgIpc) is 3.12. The minimum absolute atomic E-state index is 0.0312. The van der Waals surface area contributed by atoms with E-state index < -0.39 is 12.6 Å². The van der Waals surface area contributed by atoms with Crippen LogP contribution in [0.25, 0.3) is 0 Å². The first-order valence-corrected chi connectivity index (χ1v) is 8.67. The fourth-order valence-electron chi connectivity index (χ4n) is 2.95. The van der Waals surface area contributed by atoms with Crippen LogP contribution in [-0.2, 0) is 16.1 Å². The van der Waals surface area contributed by atoms with Crippen molar-refractivity contribution in [2.75, 3.05) is 18.6 Å². The van der Waals surface area contributed by atoms with Gasteiger partial charge in [-0.2, -0.15) is 8.78 Å². The Hall–Kier alpha value is -3.16. The molecule has 0 aromatic heterocycles. The zero-order valence-corrected chi connectivity index (χ0v) is 15.2. The Balaban J connectivity index is 1.66. The monoisotopic (exact) mass is 391 g/mol. The second-order valence-corrected chi connectivity index (χ2v) is 6.14. The van der Waals surface area contributed by atoms with E-state index in [9.17, 15) is 18.4 Å². The van der Waals surface area contributed by atoms with E-state index in [1.807, 2.05) is 0 Å². The molecule has 1 aliphatic rings. The Morgan fingerprint density at radius 2 is 2.00 bits per heavy atom. The van der Waals surface area contributed by atoms with Gasteiger partial charge in [-0.25, -0.2) is 4.79 Å². The van der Waals surface area contributed by atoms with E-state index in [0.29, 0.717) is 29.8 Å². The van der Waals surface area contributed by atoms with E-state index in [-0.39, 0.29) is 24.0 Å². The fourth-order valence-corrected chi connectivity index (χ4v) is 2.95. The lowest BCUT2D eigenvalue weighted by molar-refractivity contribution is -0.117. The Morgan fingerprint density at radius 3 is 2.68 bits per heavy atom. The van der Waals surface area contributed by atoms with Gasteiger partial charge in [0.05, 0.1) is 12.7 Å². The van der Waals surface area contributed by atoms with Gasteiger partial charge < -0.3 is 19.1 Å². The summed E-state index contributed by atoms with van der Waals surface area (Å²) >= 11 is 0. The van der Waals surface area contributed by atoms with Crippen LogP contribution in [0.4, 0.5) is 14.5 Å². The number of methoxy groups -OCH3 is 1. The molecule has 1 aliphatic heterocycles. The summed E-state index contributed by atoms with van der Waals surface area (Å²) in [7, 11) is 1.33. The second kappa shape index (κ2) is 8.69. The highest BCUT2D eigenvalue weighted by Crippen LogP contribution is 2.30. The van der Waals surface area contributed by atoms with Gasteiger partial charge in [-0.1, -0.05) is 12.1 Å². The topological polar surface area (TPSA) is 65.1 Å². The van der Waals surface area contributed by atoms with Gasteiger partial charge in [-0.15, -0.1) is 0 Å². The number of carbonyl (C=O) groups excluding carboxylic acids is 2. The van der Waals surface area contributed by atoms with Crippen molar-refractivity contribution in [2.24, 2.45) is 0 Å². The molecule has 8 heteroatoms. The van der Waals surface area contributed by atoms with Crippen LogP contribution in [0.1, 0.15) is 28.8 Å². The maximum absolute atomic E-state index is 12.4. The van der Waals surface area contributed by atoms with Crippen LogP contribution in [0.15, 0.2) is 42.5 Å². The Morgan fingerprint density at radius 1 is 1.18 bits per heavy atom. The smallest absolute Gasteiger partial charge is 0.387 e. The lowest BCUT2D eigenvalue weighted by Crippen LogP contribution is -2.23. The van der Waals surface area contributed by atoms with Crippen LogP contribution < -0.4 is 14.4 Å². The molecule has 1 saturated heterocycles. The summed E-state index contributed by atoms with van der Waals surface area (Å²) in [6, 6.07) is 11.0. The van der Waals surface area contributed by atoms with E-state index in [4.69, 9.17) is 9.47 Å². The first-order valence-electron chi connectivity index (χ1n) is 8.67. The molecular formula is C20H19F2NO5. The summed E-state index contributed by atoms with van der Waals surface area (Å²) in [5, 5.41) is 0. The third-order valence-corrected chi connectivity index (χ3v) is 4.28. The molecule has 0 bridgehead atoms. The van der Waals surface area contributed by atoms with Crippen LogP contribution >= 0.6 is 0 Å². The standard InChI is InChI=1S/C20H19F2NO5/c1-26-17-10-13(7-8-16(17)28-20(21)22)12-27-19(25)14-4-2-5-15(11-14)23-9-3-6-18(23)24/h2,4-5,7-8,10-11,20H,3,6,9,12H2,1H3. The summed E-state index contributed by atoms with van der Waals surface area (Å²) in [6.07, 6.45) is 1.29. The number of benzene rings is 2. The van der Waals surface area contributed by atoms with Crippen LogP contribution in [0.3, 0.4) is 0 Å². The van der Waals surface area contributed by atoms with E-state index in [1.165, 1.54) is 25.3 Å². The average molecular weight is 391 g/mol. The van der Waals surface area contributed by atoms with Gasteiger partial charge in [0, 0.05) is 18.7 Å². The number of hydrogen-bond acceptors (Lipinski definition) is 5. The van der Waals surface area contributed by atoms with Crippen LogP contribution in [0.2, 0.25) is 0 Å². The molecule has 1 fully saturated rings. The molecule has 0 aliphatic carbocycles. The van der Waals surface area contributed by atoms with Gasteiger partial charge in [0.2, 0.25) is 5.91 Å². The molecule has 0 spiro atoms. The van der Waals surface area contributed by atoms with Crippen LogP contribution in [0.5, 0.6) is 11.5 Å². The van der Waals surface area contributed by atoms with Crippen molar-refractivity contribution >= 4 is 17.6 Å². The minimum Gasteiger partial charge on any atom is -0.493 e. The lowest BCUT2D eigenvalue weighted by Gasteiger charge is -2.16. The van der Waals surface area contributed by atoms with Gasteiger partial charge in [-0.05, 0) is 42.3 Å². The van der Waals surface area contributed by atoms with E-state index in [0.717, 1.165) is 6.42 Å². The third kappa shape index (κ3) is 4.57. The van der Waals surface area contributed by atoms with E-state index >= 15 is 0 Å². The number of alkyl halides is 2. The van der Waals surface area contributed by atoms with Crippen molar-refractivity contribution in [1.82, 2.24) is 0 Å². The highest BCUT2D eigenvalue weighted by atomic mass is 19.3. The molecule has 1 amide bonds. The first kappa shape index (κ1) is 19.6.